The Bertz CT molecular complexity index is 1390. The zero-order chi connectivity index (χ0) is 22.8. The molecule has 0 fully saturated rings. The van der Waals surface area contributed by atoms with E-state index in [2.05, 4.69) is 15.4 Å². The zero-order valence-electron chi connectivity index (χ0n) is 17.1. The van der Waals surface area contributed by atoms with Crippen molar-refractivity contribution >= 4 is 28.5 Å². The van der Waals surface area contributed by atoms with Crippen molar-refractivity contribution in [2.75, 3.05) is 5.32 Å². The highest BCUT2D eigenvalue weighted by atomic mass is 19.1. The van der Waals surface area contributed by atoms with Crippen LogP contribution in [-0.4, -0.2) is 31.1 Å². The van der Waals surface area contributed by atoms with Gasteiger partial charge in [-0.15, -0.1) is 0 Å². The minimum atomic E-state index is -0.652. The normalized spacial score (nSPS) is 10.9. The number of aromatic nitrogens is 4. The summed E-state index contributed by atoms with van der Waals surface area (Å²) >= 11 is 0. The number of fused-ring (bicyclic) bond motifs is 1. The topological polar surface area (TPSA) is 125 Å². The number of carbonyl (C=O) groups excluding carboxylic acids is 2. The predicted octanol–water partition coefficient (Wildman–Crippen LogP) is 2.16. The fourth-order valence-electron chi connectivity index (χ4n) is 3.37. The molecule has 0 atom stereocenters. The van der Waals surface area contributed by atoms with E-state index < -0.39 is 5.91 Å². The highest BCUT2D eigenvalue weighted by Gasteiger charge is 2.16. The lowest BCUT2D eigenvalue weighted by Crippen LogP contribution is -2.26. The number of aryl methyl sites for hydroxylation is 1. The van der Waals surface area contributed by atoms with Crippen molar-refractivity contribution in [3.63, 3.8) is 0 Å². The first-order valence-corrected chi connectivity index (χ1v) is 9.75. The van der Waals surface area contributed by atoms with E-state index in [0.29, 0.717) is 22.8 Å². The smallest absolute Gasteiger partial charge is 0.264 e. The maximum atomic E-state index is 13.2. The number of primary amides is 1. The Kier molecular flexibility index (Phi) is 5.50. The maximum absolute atomic E-state index is 13.2. The van der Waals surface area contributed by atoms with Gasteiger partial charge in [0.1, 0.15) is 17.0 Å². The first kappa shape index (κ1) is 20.9. The van der Waals surface area contributed by atoms with Gasteiger partial charge in [0, 0.05) is 13.0 Å². The van der Waals surface area contributed by atoms with E-state index in [1.54, 1.807) is 37.3 Å². The number of nitrogens with two attached hydrogens (primary N) is 1. The van der Waals surface area contributed by atoms with Crippen molar-refractivity contribution in [1.82, 2.24) is 19.3 Å². The van der Waals surface area contributed by atoms with Gasteiger partial charge < -0.3 is 11.1 Å². The van der Waals surface area contributed by atoms with Crippen LogP contribution in [0.25, 0.3) is 16.7 Å². The number of anilines is 1. The molecular weight excluding hydrogens is 415 g/mol. The van der Waals surface area contributed by atoms with Crippen molar-refractivity contribution in [2.45, 2.75) is 19.9 Å². The molecule has 0 bridgehead atoms. The van der Waals surface area contributed by atoms with E-state index >= 15 is 0 Å². The Hall–Kier alpha value is -4.34. The van der Waals surface area contributed by atoms with Crippen LogP contribution in [0.15, 0.2) is 59.5 Å². The molecule has 4 aromatic rings. The summed E-state index contributed by atoms with van der Waals surface area (Å²) in [5.74, 6) is -1.02. The van der Waals surface area contributed by atoms with Crippen LogP contribution in [0.4, 0.5) is 10.1 Å². The average Bonchev–Trinajstić information content (AvgIpc) is 3.18. The third-order valence-corrected chi connectivity index (χ3v) is 4.98. The van der Waals surface area contributed by atoms with Crippen LogP contribution in [0.5, 0.6) is 0 Å². The standard InChI is InChI=1S/C22H19FN6O3/c1-13-26-21-17(12-25-29(21)15-8-6-14(23)7-9-15)22(32)28(13)11-10-19(30)27-18-5-3-2-4-16(18)20(24)31/h2-9,12H,10-11H2,1H3,(H2,24,31)(H,27,30). The van der Waals surface area contributed by atoms with Gasteiger partial charge in [0.25, 0.3) is 11.5 Å². The van der Waals surface area contributed by atoms with Crippen molar-refractivity contribution < 1.29 is 14.0 Å². The lowest BCUT2D eigenvalue weighted by molar-refractivity contribution is -0.116. The first-order chi connectivity index (χ1) is 15.3. The number of nitrogens with one attached hydrogen (secondary N) is 1. The molecular formula is C22H19FN6O3. The molecule has 162 valence electrons. The van der Waals surface area contributed by atoms with Crippen molar-refractivity contribution in [3.05, 3.63) is 82.3 Å². The number of hydrogen-bond donors (Lipinski definition) is 2. The average molecular weight is 434 g/mol. The zero-order valence-corrected chi connectivity index (χ0v) is 17.1. The third-order valence-electron chi connectivity index (χ3n) is 4.98. The minimum absolute atomic E-state index is 0.0207. The van der Waals surface area contributed by atoms with E-state index in [1.165, 1.54) is 33.6 Å². The number of benzene rings is 2. The summed E-state index contributed by atoms with van der Waals surface area (Å²) in [5, 5.41) is 7.13. The van der Waals surface area contributed by atoms with Gasteiger partial charge in [0.15, 0.2) is 5.65 Å². The maximum Gasteiger partial charge on any atom is 0.264 e. The molecule has 0 spiro atoms. The Morgan fingerprint density at radius 2 is 1.84 bits per heavy atom. The fourth-order valence-corrected chi connectivity index (χ4v) is 3.37. The number of para-hydroxylation sites is 1. The largest absolute Gasteiger partial charge is 0.366 e. The van der Waals surface area contributed by atoms with Crippen LogP contribution >= 0.6 is 0 Å². The third kappa shape index (κ3) is 3.97. The second-order valence-corrected chi connectivity index (χ2v) is 7.09. The van der Waals surface area contributed by atoms with Gasteiger partial charge in [-0.25, -0.2) is 14.1 Å². The number of rotatable bonds is 6. The summed E-state index contributed by atoms with van der Waals surface area (Å²) in [4.78, 5) is 41.4. The minimum Gasteiger partial charge on any atom is -0.366 e. The highest BCUT2D eigenvalue weighted by Crippen LogP contribution is 2.16. The second kappa shape index (κ2) is 8.42. The van der Waals surface area contributed by atoms with Crippen LogP contribution in [-0.2, 0) is 11.3 Å². The molecule has 0 saturated heterocycles. The van der Waals surface area contributed by atoms with E-state index in [1.807, 2.05) is 0 Å². The van der Waals surface area contributed by atoms with Crippen molar-refractivity contribution in [3.8, 4) is 5.69 Å². The molecule has 0 radical (unpaired) electrons. The Morgan fingerprint density at radius 3 is 2.56 bits per heavy atom. The van der Waals surface area contributed by atoms with E-state index in [-0.39, 0.29) is 41.2 Å². The Balaban J connectivity index is 1.57. The van der Waals surface area contributed by atoms with Gasteiger partial charge in [0.05, 0.1) is 23.1 Å². The summed E-state index contributed by atoms with van der Waals surface area (Å²) in [6, 6.07) is 12.1. The lowest BCUT2D eigenvalue weighted by atomic mass is 10.1. The van der Waals surface area contributed by atoms with E-state index in [9.17, 15) is 18.8 Å². The lowest BCUT2D eigenvalue weighted by Gasteiger charge is -2.11. The molecule has 2 heterocycles. The molecule has 2 aromatic carbocycles. The molecule has 0 aliphatic carbocycles. The van der Waals surface area contributed by atoms with Crippen LogP contribution in [0.3, 0.4) is 0 Å². The molecule has 3 N–H and O–H groups in total. The number of amides is 2. The molecule has 32 heavy (non-hydrogen) atoms. The van der Waals surface area contributed by atoms with E-state index in [0.717, 1.165) is 0 Å². The van der Waals surface area contributed by atoms with Crippen LogP contribution in [0, 0.1) is 12.7 Å². The molecule has 0 aliphatic heterocycles. The Labute approximate surface area is 181 Å². The molecule has 2 amide bonds. The number of nitrogens with zero attached hydrogens (tertiary/aromatic N) is 4. The summed E-state index contributed by atoms with van der Waals surface area (Å²) in [5.41, 5.74) is 6.41. The van der Waals surface area contributed by atoms with Crippen molar-refractivity contribution in [1.29, 1.82) is 0 Å². The van der Waals surface area contributed by atoms with Gasteiger partial charge in [-0.3, -0.25) is 19.0 Å². The Morgan fingerprint density at radius 1 is 1.12 bits per heavy atom. The monoisotopic (exact) mass is 434 g/mol. The quantitative estimate of drug-likeness (QED) is 0.481. The van der Waals surface area contributed by atoms with Crippen LogP contribution < -0.4 is 16.6 Å². The SMILES string of the molecule is Cc1nc2c(cnn2-c2ccc(F)cc2)c(=O)n1CCC(=O)Nc1ccccc1C(N)=O. The van der Waals surface area contributed by atoms with Crippen LogP contribution in [0.1, 0.15) is 22.6 Å². The van der Waals surface area contributed by atoms with Gasteiger partial charge in [-0.2, -0.15) is 5.10 Å². The summed E-state index contributed by atoms with van der Waals surface area (Å²) in [6.45, 7) is 1.74. The molecule has 4 rings (SSSR count). The summed E-state index contributed by atoms with van der Waals surface area (Å²) < 4.78 is 16.1. The fraction of sp³-hybridized carbons (Fsp3) is 0.136. The van der Waals surface area contributed by atoms with Gasteiger partial charge in [-0.05, 0) is 43.3 Å². The molecule has 2 aromatic heterocycles. The molecule has 9 nitrogen and oxygen atoms in total. The number of hydrogen-bond acceptors (Lipinski definition) is 5. The highest BCUT2D eigenvalue weighted by molar-refractivity contribution is 6.02. The van der Waals surface area contributed by atoms with Crippen molar-refractivity contribution in [2.24, 2.45) is 5.73 Å². The van der Waals surface area contributed by atoms with Gasteiger partial charge in [-0.1, -0.05) is 12.1 Å². The molecule has 0 saturated carbocycles. The molecule has 0 unspecified atom stereocenters. The number of carbonyl (C=O) groups is 2. The molecule has 10 heteroatoms. The summed E-state index contributed by atoms with van der Waals surface area (Å²) in [6.07, 6.45) is 1.38. The van der Waals surface area contributed by atoms with Gasteiger partial charge in [0.2, 0.25) is 5.91 Å². The van der Waals surface area contributed by atoms with Crippen LogP contribution in [0.2, 0.25) is 0 Å². The second-order valence-electron chi connectivity index (χ2n) is 7.09. The van der Waals surface area contributed by atoms with Gasteiger partial charge >= 0.3 is 0 Å². The first-order valence-electron chi connectivity index (χ1n) is 9.75. The van der Waals surface area contributed by atoms with E-state index in [4.69, 9.17) is 5.73 Å². The predicted molar refractivity (Wildman–Crippen MR) is 116 cm³/mol. The summed E-state index contributed by atoms with van der Waals surface area (Å²) in [7, 11) is 0. The number of halogens is 1. The molecule has 0 aliphatic rings.